The Morgan fingerprint density at radius 2 is 1.78 bits per heavy atom. The molecule has 3 aromatic rings. The topological polar surface area (TPSA) is 44.3 Å². The van der Waals surface area contributed by atoms with Crippen LogP contribution in [0.5, 0.6) is 0 Å². The number of aromatic nitrogens is 2. The molecule has 1 N–H and O–H groups in total. The molecule has 0 spiro atoms. The summed E-state index contributed by atoms with van der Waals surface area (Å²) in [5.74, 6) is 1.56. The van der Waals surface area contributed by atoms with Crippen LogP contribution in [0.4, 0.5) is 28.8 Å². The Kier molecular flexibility index (Phi) is 4.44. The molecule has 0 saturated heterocycles. The van der Waals surface area contributed by atoms with E-state index in [4.69, 9.17) is 4.98 Å². The Morgan fingerprint density at radius 3 is 2.52 bits per heavy atom. The number of aryl methyl sites for hydroxylation is 1. The third kappa shape index (κ3) is 3.45. The van der Waals surface area contributed by atoms with Gasteiger partial charge in [-0.15, -0.1) is 0 Å². The summed E-state index contributed by atoms with van der Waals surface area (Å²) in [7, 11) is 4.07. The summed E-state index contributed by atoms with van der Waals surface area (Å²) in [6, 6.07) is 19.3. The number of anilines is 5. The lowest BCUT2D eigenvalue weighted by molar-refractivity contribution is 0.749. The first-order chi connectivity index (χ1) is 13.0. The van der Waals surface area contributed by atoms with E-state index in [9.17, 15) is 0 Å². The second-order valence-corrected chi connectivity index (χ2v) is 7.31. The number of para-hydroxylation sites is 1. The highest BCUT2D eigenvalue weighted by molar-refractivity contribution is 5.70. The number of rotatable bonds is 4. The minimum atomic E-state index is 0.379. The first kappa shape index (κ1) is 17.3. The monoisotopic (exact) mass is 359 g/mol. The summed E-state index contributed by atoms with van der Waals surface area (Å²) in [5, 5.41) is 3.35. The Hall–Kier alpha value is -3.08. The molecule has 1 aliphatic rings. The van der Waals surface area contributed by atoms with E-state index in [1.165, 1.54) is 11.3 Å². The van der Waals surface area contributed by atoms with Gasteiger partial charge in [0.2, 0.25) is 5.95 Å². The molecule has 138 valence electrons. The molecule has 4 rings (SSSR count). The summed E-state index contributed by atoms with van der Waals surface area (Å²) in [6.45, 7) is 4.25. The number of benzene rings is 2. The number of hydrogen-bond acceptors (Lipinski definition) is 5. The molecule has 0 amide bonds. The van der Waals surface area contributed by atoms with Gasteiger partial charge in [0.05, 0.1) is 0 Å². The zero-order chi connectivity index (χ0) is 19.0. The van der Waals surface area contributed by atoms with Crippen molar-refractivity contribution in [3.8, 4) is 0 Å². The zero-order valence-electron chi connectivity index (χ0n) is 16.3. The van der Waals surface area contributed by atoms with Crippen molar-refractivity contribution in [3.05, 3.63) is 65.9 Å². The maximum atomic E-state index is 4.81. The van der Waals surface area contributed by atoms with Gasteiger partial charge in [-0.2, -0.15) is 4.98 Å². The lowest BCUT2D eigenvalue weighted by atomic mass is 10.1. The first-order valence-corrected chi connectivity index (χ1v) is 9.28. The Morgan fingerprint density at radius 1 is 1.04 bits per heavy atom. The van der Waals surface area contributed by atoms with Crippen molar-refractivity contribution in [3.63, 3.8) is 0 Å². The molecular formula is C22H25N5. The van der Waals surface area contributed by atoms with E-state index < -0.39 is 0 Å². The summed E-state index contributed by atoms with van der Waals surface area (Å²) in [5.41, 5.74) is 5.70. The number of fused-ring (bicyclic) bond motifs is 1. The molecule has 2 heterocycles. The van der Waals surface area contributed by atoms with Gasteiger partial charge in [0, 0.05) is 49.0 Å². The first-order valence-electron chi connectivity index (χ1n) is 9.28. The SMILES string of the molecule is Cc1cc(N2c3ccccc3CC2C)nc(Nc2ccc(N(C)C)cc2)n1. The van der Waals surface area contributed by atoms with Crippen LogP contribution in [-0.2, 0) is 6.42 Å². The summed E-state index contributed by atoms with van der Waals surface area (Å²) >= 11 is 0. The predicted octanol–water partition coefficient (Wildman–Crippen LogP) is 4.68. The van der Waals surface area contributed by atoms with E-state index >= 15 is 0 Å². The van der Waals surface area contributed by atoms with Gasteiger partial charge >= 0.3 is 0 Å². The fourth-order valence-corrected chi connectivity index (χ4v) is 3.62. The maximum Gasteiger partial charge on any atom is 0.229 e. The van der Waals surface area contributed by atoms with Crippen molar-refractivity contribution in [2.24, 2.45) is 0 Å². The molecule has 0 saturated carbocycles. The Labute approximate surface area is 160 Å². The smallest absolute Gasteiger partial charge is 0.229 e. The van der Waals surface area contributed by atoms with Gasteiger partial charge in [0.15, 0.2) is 0 Å². The Bertz CT molecular complexity index is 949. The second kappa shape index (κ2) is 6.91. The van der Waals surface area contributed by atoms with Crippen LogP contribution in [0.25, 0.3) is 0 Å². The minimum absolute atomic E-state index is 0.379. The quantitative estimate of drug-likeness (QED) is 0.733. The van der Waals surface area contributed by atoms with Crippen molar-refractivity contribution in [1.29, 1.82) is 0 Å². The molecule has 1 atom stereocenters. The highest BCUT2D eigenvalue weighted by Crippen LogP contribution is 2.37. The van der Waals surface area contributed by atoms with Gasteiger partial charge in [-0.1, -0.05) is 18.2 Å². The molecule has 5 heteroatoms. The van der Waals surface area contributed by atoms with Gasteiger partial charge in [-0.3, -0.25) is 0 Å². The van der Waals surface area contributed by atoms with Crippen LogP contribution in [0.2, 0.25) is 0 Å². The minimum Gasteiger partial charge on any atom is -0.378 e. The molecule has 2 aromatic carbocycles. The van der Waals surface area contributed by atoms with E-state index in [2.05, 4.69) is 81.6 Å². The molecule has 0 radical (unpaired) electrons. The molecule has 0 aliphatic carbocycles. The van der Waals surface area contributed by atoms with E-state index in [0.29, 0.717) is 12.0 Å². The normalized spacial score (nSPS) is 15.6. The third-order valence-corrected chi connectivity index (χ3v) is 4.93. The number of nitrogens with zero attached hydrogens (tertiary/aromatic N) is 4. The average Bonchev–Trinajstić information content (AvgIpc) is 2.97. The van der Waals surface area contributed by atoms with Gasteiger partial charge < -0.3 is 15.1 Å². The predicted molar refractivity (Wildman–Crippen MR) is 113 cm³/mol. The molecule has 1 unspecified atom stereocenters. The van der Waals surface area contributed by atoms with Crippen molar-refractivity contribution in [1.82, 2.24) is 9.97 Å². The second-order valence-electron chi connectivity index (χ2n) is 7.31. The Balaban J connectivity index is 1.64. The van der Waals surface area contributed by atoms with Crippen LogP contribution in [0.15, 0.2) is 54.6 Å². The summed E-state index contributed by atoms with van der Waals surface area (Å²) in [6.07, 6.45) is 1.04. The van der Waals surface area contributed by atoms with Crippen molar-refractivity contribution >= 4 is 28.8 Å². The number of nitrogens with one attached hydrogen (secondary N) is 1. The van der Waals surface area contributed by atoms with Crippen LogP contribution >= 0.6 is 0 Å². The number of hydrogen-bond donors (Lipinski definition) is 1. The van der Waals surface area contributed by atoms with Gasteiger partial charge in [-0.05, 0) is 56.2 Å². The van der Waals surface area contributed by atoms with Gasteiger partial charge in [0.1, 0.15) is 5.82 Å². The highest BCUT2D eigenvalue weighted by atomic mass is 15.3. The fourth-order valence-electron chi connectivity index (χ4n) is 3.62. The van der Waals surface area contributed by atoms with Gasteiger partial charge in [-0.25, -0.2) is 4.98 Å². The summed E-state index contributed by atoms with van der Waals surface area (Å²) < 4.78 is 0. The molecular weight excluding hydrogens is 334 g/mol. The maximum absolute atomic E-state index is 4.81. The van der Waals surface area contributed by atoms with E-state index in [1.807, 2.05) is 21.0 Å². The van der Waals surface area contributed by atoms with Crippen LogP contribution in [0.1, 0.15) is 18.2 Å². The molecule has 0 fully saturated rings. The zero-order valence-corrected chi connectivity index (χ0v) is 16.3. The average molecular weight is 359 g/mol. The van der Waals surface area contributed by atoms with Crippen LogP contribution in [0, 0.1) is 6.92 Å². The van der Waals surface area contributed by atoms with E-state index in [0.717, 1.165) is 29.3 Å². The van der Waals surface area contributed by atoms with Crippen LogP contribution in [0.3, 0.4) is 0 Å². The highest BCUT2D eigenvalue weighted by Gasteiger charge is 2.28. The molecule has 1 aliphatic heterocycles. The van der Waals surface area contributed by atoms with Crippen molar-refractivity contribution < 1.29 is 0 Å². The van der Waals surface area contributed by atoms with Crippen LogP contribution in [-0.4, -0.2) is 30.1 Å². The van der Waals surface area contributed by atoms with Crippen LogP contribution < -0.4 is 15.1 Å². The molecule has 5 nitrogen and oxygen atoms in total. The lowest BCUT2D eigenvalue weighted by Gasteiger charge is -2.24. The standard InChI is InChI=1S/C22H25N5/c1-15-13-21(27-16(2)14-17-7-5-6-8-20(17)27)25-22(23-15)24-18-9-11-19(12-10-18)26(3)4/h5-13,16H,14H2,1-4H3,(H,23,24,25). The van der Waals surface area contributed by atoms with Crippen molar-refractivity contribution in [2.45, 2.75) is 26.3 Å². The van der Waals surface area contributed by atoms with E-state index in [-0.39, 0.29) is 0 Å². The molecule has 27 heavy (non-hydrogen) atoms. The third-order valence-electron chi connectivity index (χ3n) is 4.93. The lowest BCUT2D eigenvalue weighted by Crippen LogP contribution is -2.25. The largest absolute Gasteiger partial charge is 0.378 e. The summed E-state index contributed by atoms with van der Waals surface area (Å²) in [4.78, 5) is 13.8. The van der Waals surface area contributed by atoms with E-state index in [1.54, 1.807) is 0 Å². The van der Waals surface area contributed by atoms with Crippen molar-refractivity contribution in [2.75, 3.05) is 29.2 Å². The van der Waals surface area contributed by atoms with Gasteiger partial charge in [0.25, 0.3) is 0 Å². The fraction of sp³-hybridized carbons (Fsp3) is 0.273. The molecule has 0 bridgehead atoms. The molecule has 1 aromatic heterocycles.